The number of rotatable bonds is 10. The van der Waals surface area contributed by atoms with Gasteiger partial charge in [-0.15, -0.1) is 0 Å². The lowest BCUT2D eigenvalue weighted by atomic mass is 9.99. The van der Waals surface area contributed by atoms with E-state index in [0.29, 0.717) is 33.5 Å². The zero-order valence-electron chi connectivity index (χ0n) is 26.4. The van der Waals surface area contributed by atoms with Crippen LogP contribution in [0.4, 0.5) is 11.4 Å². The van der Waals surface area contributed by atoms with Gasteiger partial charge < -0.3 is 20.0 Å². The molecule has 5 aromatic rings. The summed E-state index contributed by atoms with van der Waals surface area (Å²) in [5, 5.41) is 6.51. The molecule has 2 heterocycles. The minimum atomic E-state index is -0.536. The van der Waals surface area contributed by atoms with Gasteiger partial charge in [0.05, 0.1) is 5.69 Å². The van der Waals surface area contributed by atoms with Gasteiger partial charge in [0, 0.05) is 59.7 Å². The van der Waals surface area contributed by atoms with E-state index in [0.717, 1.165) is 37.3 Å². The molecule has 4 aromatic carbocycles. The second-order valence-electron chi connectivity index (χ2n) is 11.6. The Balaban J connectivity index is 1.23. The minimum absolute atomic E-state index is 0.232. The van der Waals surface area contributed by atoms with Crippen LogP contribution >= 0.6 is 11.6 Å². The van der Waals surface area contributed by atoms with Gasteiger partial charge in [-0.1, -0.05) is 72.3 Å². The zero-order valence-corrected chi connectivity index (χ0v) is 27.2. The highest BCUT2D eigenvalue weighted by Crippen LogP contribution is 2.29. The molecule has 9 heteroatoms. The maximum atomic E-state index is 14.0. The molecule has 8 nitrogen and oxygen atoms in total. The molecule has 242 valence electrons. The Labute approximate surface area is 284 Å². The fourth-order valence-corrected chi connectivity index (χ4v) is 5.79. The average Bonchev–Trinajstić information content (AvgIpc) is 3.59. The number of hydrogen-bond donors (Lipinski definition) is 2. The summed E-state index contributed by atoms with van der Waals surface area (Å²) in [6, 6.07) is 33.8. The summed E-state index contributed by atoms with van der Waals surface area (Å²) in [4.78, 5) is 45.2. The van der Waals surface area contributed by atoms with E-state index < -0.39 is 11.9 Å². The van der Waals surface area contributed by atoms with Crippen molar-refractivity contribution in [3.63, 3.8) is 0 Å². The second-order valence-corrected chi connectivity index (χ2v) is 12.1. The quantitative estimate of drug-likeness (QED) is 0.120. The SMILES string of the molecule is CN1CCN(C(C(=O)Nc2ccc(NC(=O)/C=C/c3ccc(-c4ccc(Cl)cc4)o3)cc2C(=O)c2ccccc2)c2ccccc2)CC1. The van der Waals surface area contributed by atoms with Gasteiger partial charge in [0.2, 0.25) is 11.8 Å². The Bertz CT molecular complexity index is 1910. The Morgan fingerprint density at radius 3 is 2.19 bits per heavy atom. The molecule has 48 heavy (non-hydrogen) atoms. The van der Waals surface area contributed by atoms with Gasteiger partial charge in [0.15, 0.2) is 5.78 Å². The summed E-state index contributed by atoms with van der Waals surface area (Å²) in [7, 11) is 2.07. The van der Waals surface area contributed by atoms with Gasteiger partial charge in [-0.2, -0.15) is 0 Å². The van der Waals surface area contributed by atoms with Crippen LogP contribution in [0.25, 0.3) is 17.4 Å². The van der Waals surface area contributed by atoms with Crippen LogP contribution in [0.3, 0.4) is 0 Å². The van der Waals surface area contributed by atoms with Crippen molar-refractivity contribution in [2.45, 2.75) is 6.04 Å². The highest BCUT2D eigenvalue weighted by atomic mass is 35.5. The van der Waals surface area contributed by atoms with Crippen LogP contribution in [-0.2, 0) is 9.59 Å². The molecule has 0 saturated carbocycles. The molecule has 1 aliphatic heterocycles. The fraction of sp³-hybridized carbons (Fsp3) is 0.154. The van der Waals surface area contributed by atoms with Gasteiger partial charge in [0.1, 0.15) is 17.6 Å². The molecule has 1 aromatic heterocycles. The topological polar surface area (TPSA) is 94.9 Å². The highest BCUT2D eigenvalue weighted by Gasteiger charge is 2.30. The summed E-state index contributed by atoms with van der Waals surface area (Å²) < 4.78 is 5.86. The summed E-state index contributed by atoms with van der Waals surface area (Å²) in [6.07, 6.45) is 2.93. The molecule has 1 saturated heterocycles. The first kappa shape index (κ1) is 32.7. The van der Waals surface area contributed by atoms with Crippen LogP contribution in [0.5, 0.6) is 0 Å². The molecular formula is C39H35ClN4O4. The molecule has 0 spiro atoms. The second kappa shape index (κ2) is 15.1. The summed E-state index contributed by atoms with van der Waals surface area (Å²) in [5.41, 5.74) is 3.24. The van der Waals surface area contributed by atoms with E-state index in [2.05, 4.69) is 27.5 Å². The maximum Gasteiger partial charge on any atom is 0.248 e. The predicted octanol–water partition coefficient (Wildman–Crippen LogP) is 7.41. The lowest BCUT2D eigenvalue weighted by Gasteiger charge is -2.37. The van der Waals surface area contributed by atoms with Crippen molar-refractivity contribution in [3.8, 4) is 11.3 Å². The highest BCUT2D eigenvalue weighted by molar-refractivity contribution is 6.30. The van der Waals surface area contributed by atoms with E-state index >= 15 is 0 Å². The Hall–Kier alpha value is -5.28. The van der Waals surface area contributed by atoms with Crippen molar-refractivity contribution in [2.24, 2.45) is 0 Å². The number of likely N-dealkylation sites (N-methyl/N-ethyl adjacent to an activating group) is 1. The van der Waals surface area contributed by atoms with E-state index in [4.69, 9.17) is 16.0 Å². The van der Waals surface area contributed by atoms with Crippen LogP contribution in [-0.4, -0.2) is 60.6 Å². The van der Waals surface area contributed by atoms with Gasteiger partial charge >= 0.3 is 0 Å². The average molecular weight is 659 g/mol. The molecular weight excluding hydrogens is 624 g/mol. The van der Waals surface area contributed by atoms with E-state index in [9.17, 15) is 14.4 Å². The third-order valence-electron chi connectivity index (χ3n) is 8.25. The number of furan rings is 1. The van der Waals surface area contributed by atoms with Gasteiger partial charge in [-0.3, -0.25) is 19.3 Å². The summed E-state index contributed by atoms with van der Waals surface area (Å²) in [5.74, 6) is 0.230. The number of nitrogens with one attached hydrogen (secondary N) is 2. The van der Waals surface area contributed by atoms with Crippen LogP contribution in [0.1, 0.15) is 33.3 Å². The van der Waals surface area contributed by atoms with Crippen molar-refractivity contribution in [1.29, 1.82) is 0 Å². The number of halogens is 1. The standard InChI is InChI=1S/C39H35ClN4O4/c1-43-22-24-44(25-23-43)37(28-8-4-2-5-9-28)39(47)42-34-19-16-31(26-33(34)38(46)29-10-6-3-7-11-29)41-36(45)21-18-32-17-20-35(48-32)27-12-14-30(40)15-13-27/h2-21,26,37H,22-25H2,1H3,(H,41,45)(H,42,47)/b21-18+. The number of ketones is 1. The summed E-state index contributed by atoms with van der Waals surface area (Å²) in [6.45, 7) is 3.16. The number of nitrogens with zero attached hydrogens (tertiary/aromatic N) is 2. The molecule has 2 amide bonds. The Morgan fingerprint density at radius 2 is 1.48 bits per heavy atom. The lowest BCUT2D eigenvalue weighted by Crippen LogP contribution is -2.48. The van der Waals surface area contributed by atoms with Crippen molar-refractivity contribution in [3.05, 3.63) is 149 Å². The number of carbonyl (C=O) groups is 3. The summed E-state index contributed by atoms with van der Waals surface area (Å²) >= 11 is 5.99. The van der Waals surface area contributed by atoms with Gasteiger partial charge in [-0.05, 0) is 73.3 Å². The first-order chi connectivity index (χ1) is 23.3. The normalized spacial score (nSPS) is 14.5. The van der Waals surface area contributed by atoms with Crippen LogP contribution in [0, 0.1) is 0 Å². The number of hydrogen-bond acceptors (Lipinski definition) is 6. The first-order valence-corrected chi connectivity index (χ1v) is 16.1. The van der Waals surface area contributed by atoms with E-state index in [1.807, 2.05) is 54.6 Å². The zero-order chi connectivity index (χ0) is 33.5. The molecule has 1 aliphatic rings. The number of anilines is 2. The van der Waals surface area contributed by atoms with E-state index in [1.165, 1.54) is 6.08 Å². The number of benzene rings is 4. The van der Waals surface area contributed by atoms with Crippen molar-refractivity contribution < 1.29 is 18.8 Å². The predicted molar refractivity (Wildman–Crippen MR) is 190 cm³/mol. The van der Waals surface area contributed by atoms with Crippen LogP contribution < -0.4 is 10.6 Å². The van der Waals surface area contributed by atoms with Gasteiger partial charge in [0.25, 0.3) is 0 Å². The van der Waals surface area contributed by atoms with Crippen molar-refractivity contribution in [2.75, 3.05) is 43.9 Å². The smallest absolute Gasteiger partial charge is 0.248 e. The third kappa shape index (κ3) is 7.98. The van der Waals surface area contributed by atoms with Crippen LogP contribution in [0.15, 0.2) is 126 Å². The third-order valence-corrected chi connectivity index (χ3v) is 8.50. The lowest BCUT2D eigenvalue weighted by molar-refractivity contribution is -0.122. The molecule has 6 rings (SSSR count). The van der Waals surface area contributed by atoms with Crippen LogP contribution in [0.2, 0.25) is 5.02 Å². The molecule has 2 N–H and O–H groups in total. The molecule has 0 radical (unpaired) electrons. The maximum absolute atomic E-state index is 14.0. The fourth-order valence-electron chi connectivity index (χ4n) is 5.66. The first-order valence-electron chi connectivity index (χ1n) is 15.7. The Morgan fingerprint density at radius 1 is 0.792 bits per heavy atom. The van der Waals surface area contributed by atoms with Crippen molar-refractivity contribution in [1.82, 2.24) is 9.80 Å². The number of piperazine rings is 1. The molecule has 1 fully saturated rings. The number of carbonyl (C=O) groups excluding carboxylic acids is 3. The number of amides is 2. The largest absolute Gasteiger partial charge is 0.457 e. The Kier molecular flexibility index (Phi) is 10.3. The van der Waals surface area contributed by atoms with E-state index in [-0.39, 0.29) is 17.3 Å². The molecule has 1 unspecified atom stereocenters. The van der Waals surface area contributed by atoms with Crippen molar-refractivity contribution >= 4 is 46.6 Å². The van der Waals surface area contributed by atoms with Gasteiger partial charge in [-0.25, -0.2) is 0 Å². The minimum Gasteiger partial charge on any atom is -0.457 e. The molecule has 1 atom stereocenters. The molecule has 0 bridgehead atoms. The molecule has 0 aliphatic carbocycles. The monoisotopic (exact) mass is 658 g/mol. The van der Waals surface area contributed by atoms with E-state index in [1.54, 1.807) is 66.7 Å².